The number of hydrogen-bond acceptors (Lipinski definition) is 3. The summed E-state index contributed by atoms with van der Waals surface area (Å²) in [5.41, 5.74) is 3.75. The van der Waals surface area contributed by atoms with E-state index in [0.717, 1.165) is 37.0 Å². The number of amides is 1. The highest BCUT2D eigenvalue weighted by Gasteiger charge is 2.51. The molecule has 1 spiro atoms. The van der Waals surface area contributed by atoms with Crippen LogP contribution in [0.3, 0.4) is 0 Å². The van der Waals surface area contributed by atoms with Gasteiger partial charge in [0, 0.05) is 30.9 Å². The van der Waals surface area contributed by atoms with Gasteiger partial charge in [-0.2, -0.15) is 0 Å². The summed E-state index contributed by atoms with van der Waals surface area (Å²) in [6.07, 6.45) is 10.6. The molecule has 2 fully saturated rings. The SMILES string of the molecule is O=C(Cc1ccn2cncc2c1)NC1CCN(Cc2ccccc2)C2(CC2)C1. The molecule has 2 aliphatic rings. The number of nitrogens with one attached hydrogen (secondary N) is 1. The number of carbonyl (C=O) groups excluding carboxylic acids is 1. The molecule has 2 aromatic heterocycles. The van der Waals surface area contributed by atoms with E-state index in [1.807, 2.05) is 28.9 Å². The van der Waals surface area contributed by atoms with E-state index in [1.165, 1.54) is 18.4 Å². The maximum atomic E-state index is 12.6. The summed E-state index contributed by atoms with van der Waals surface area (Å²) >= 11 is 0. The third-order valence-corrected chi connectivity index (χ3v) is 6.30. The number of pyridine rings is 1. The van der Waals surface area contributed by atoms with E-state index in [9.17, 15) is 4.79 Å². The van der Waals surface area contributed by atoms with Crippen molar-refractivity contribution in [1.29, 1.82) is 0 Å². The second-order valence-corrected chi connectivity index (χ2v) is 8.33. The summed E-state index contributed by atoms with van der Waals surface area (Å²) in [5.74, 6) is 0.126. The van der Waals surface area contributed by atoms with Gasteiger partial charge in [0.05, 0.1) is 24.5 Å². The number of piperidine rings is 1. The predicted molar refractivity (Wildman–Crippen MR) is 109 cm³/mol. The first-order valence-corrected chi connectivity index (χ1v) is 10.2. The molecule has 1 N–H and O–H groups in total. The van der Waals surface area contributed by atoms with Crippen LogP contribution in [0.5, 0.6) is 0 Å². The van der Waals surface area contributed by atoms with E-state index in [4.69, 9.17) is 0 Å². The molecule has 144 valence electrons. The van der Waals surface area contributed by atoms with Gasteiger partial charge in [0.2, 0.25) is 5.91 Å². The van der Waals surface area contributed by atoms with Gasteiger partial charge in [-0.05, 0) is 48.9 Å². The van der Waals surface area contributed by atoms with Crippen LogP contribution in [0, 0.1) is 0 Å². The molecule has 1 aliphatic heterocycles. The molecule has 1 saturated heterocycles. The minimum Gasteiger partial charge on any atom is -0.353 e. The van der Waals surface area contributed by atoms with Gasteiger partial charge in [-0.1, -0.05) is 30.3 Å². The molecule has 1 unspecified atom stereocenters. The highest BCUT2D eigenvalue weighted by atomic mass is 16.1. The van der Waals surface area contributed by atoms with Crippen molar-refractivity contribution >= 4 is 11.4 Å². The first-order valence-electron chi connectivity index (χ1n) is 10.2. The number of carbonyl (C=O) groups is 1. The number of fused-ring (bicyclic) bond motifs is 1. The fourth-order valence-corrected chi connectivity index (χ4v) is 4.62. The Morgan fingerprint density at radius 2 is 2.04 bits per heavy atom. The van der Waals surface area contributed by atoms with E-state index in [0.29, 0.717) is 18.0 Å². The molecule has 28 heavy (non-hydrogen) atoms. The monoisotopic (exact) mass is 374 g/mol. The van der Waals surface area contributed by atoms with Crippen molar-refractivity contribution in [3.05, 3.63) is 72.3 Å². The number of imidazole rings is 1. The van der Waals surface area contributed by atoms with Gasteiger partial charge < -0.3 is 9.72 Å². The smallest absolute Gasteiger partial charge is 0.224 e. The lowest BCUT2D eigenvalue weighted by Crippen LogP contribution is -2.51. The summed E-state index contributed by atoms with van der Waals surface area (Å²) in [7, 11) is 0. The quantitative estimate of drug-likeness (QED) is 0.746. The number of likely N-dealkylation sites (tertiary alicyclic amines) is 1. The largest absolute Gasteiger partial charge is 0.353 e. The molecule has 1 aromatic carbocycles. The van der Waals surface area contributed by atoms with Crippen LogP contribution < -0.4 is 5.32 Å². The van der Waals surface area contributed by atoms with E-state index < -0.39 is 0 Å². The lowest BCUT2D eigenvalue weighted by atomic mass is 9.94. The standard InChI is InChI=1S/C23H26N4O/c28-22(13-19-6-10-26-17-24-15-21(26)12-19)25-20-7-11-27(23(14-20)8-9-23)16-18-4-2-1-3-5-18/h1-6,10,12,15,17,20H,7-9,11,13-14,16H2,(H,25,28). The molecule has 0 radical (unpaired) electrons. The number of benzene rings is 1. The highest BCUT2D eigenvalue weighted by Crippen LogP contribution is 2.48. The molecule has 1 aliphatic carbocycles. The fraction of sp³-hybridized carbons (Fsp3) is 0.391. The van der Waals surface area contributed by atoms with Gasteiger partial charge in [-0.3, -0.25) is 9.69 Å². The van der Waals surface area contributed by atoms with Crippen LogP contribution >= 0.6 is 0 Å². The number of hydrogen-bond donors (Lipinski definition) is 1. The average molecular weight is 374 g/mol. The first kappa shape index (κ1) is 17.4. The summed E-state index contributed by atoms with van der Waals surface area (Å²) < 4.78 is 1.96. The molecule has 5 heteroatoms. The van der Waals surface area contributed by atoms with Gasteiger partial charge in [-0.25, -0.2) is 4.98 Å². The zero-order chi connectivity index (χ0) is 19.0. The summed E-state index contributed by atoms with van der Waals surface area (Å²) in [6.45, 7) is 2.08. The number of nitrogens with zero attached hydrogens (tertiary/aromatic N) is 3. The van der Waals surface area contributed by atoms with Crippen LogP contribution in [0.15, 0.2) is 61.2 Å². The van der Waals surface area contributed by atoms with Crippen molar-refractivity contribution in [1.82, 2.24) is 19.6 Å². The Kier molecular flexibility index (Phi) is 4.40. The highest BCUT2D eigenvalue weighted by molar-refractivity contribution is 5.79. The lowest BCUT2D eigenvalue weighted by Gasteiger charge is -2.40. The molecular formula is C23H26N4O. The third-order valence-electron chi connectivity index (χ3n) is 6.30. The van der Waals surface area contributed by atoms with Crippen molar-refractivity contribution in [2.45, 2.75) is 50.2 Å². The van der Waals surface area contributed by atoms with Gasteiger partial charge >= 0.3 is 0 Å². The lowest BCUT2D eigenvalue weighted by molar-refractivity contribution is -0.121. The molecule has 5 nitrogen and oxygen atoms in total. The Bertz CT molecular complexity index is 976. The Labute approximate surface area is 165 Å². The van der Waals surface area contributed by atoms with Crippen molar-refractivity contribution in [3.8, 4) is 0 Å². The normalized spacial score (nSPS) is 21.1. The van der Waals surface area contributed by atoms with Gasteiger partial charge in [0.1, 0.15) is 0 Å². The Balaban J connectivity index is 1.18. The molecule has 3 heterocycles. The van der Waals surface area contributed by atoms with Gasteiger partial charge in [0.15, 0.2) is 0 Å². The third kappa shape index (κ3) is 3.54. The average Bonchev–Trinajstić information content (AvgIpc) is 3.30. The molecule has 1 amide bonds. The minimum atomic E-state index is 0.126. The topological polar surface area (TPSA) is 49.6 Å². The molecule has 3 aromatic rings. The molecule has 1 saturated carbocycles. The van der Waals surface area contributed by atoms with E-state index >= 15 is 0 Å². The van der Waals surface area contributed by atoms with E-state index in [-0.39, 0.29) is 5.91 Å². The Morgan fingerprint density at radius 3 is 2.86 bits per heavy atom. The van der Waals surface area contributed by atoms with Crippen molar-refractivity contribution in [3.63, 3.8) is 0 Å². The van der Waals surface area contributed by atoms with E-state index in [2.05, 4.69) is 45.5 Å². The molecule has 0 bridgehead atoms. The summed E-state index contributed by atoms with van der Waals surface area (Å²) in [6, 6.07) is 15.1. The van der Waals surface area contributed by atoms with Crippen LogP contribution in [0.2, 0.25) is 0 Å². The van der Waals surface area contributed by atoms with E-state index in [1.54, 1.807) is 6.33 Å². The fourth-order valence-electron chi connectivity index (χ4n) is 4.62. The van der Waals surface area contributed by atoms with Gasteiger partial charge in [0.25, 0.3) is 0 Å². The zero-order valence-electron chi connectivity index (χ0n) is 16.1. The number of aromatic nitrogens is 2. The zero-order valence-corrected chi connectivity index (χ0v) is 16.1. The van der Waals surface area contributed by atoms with Crippen LogP contribution in [-0.2, 0) is 17.8 Å². The molecule has 1 atom stereocenters. The van der Waals surface area contributed by atoms with Crippen LogP contribution in [-0.4, -0.2) is 38.3 Å². The van der Waals surface area contributed by atoms with Crippen LogP contribution in [0.25, 0.3) is 5.52 Å². The molecular weight excluding hydrogens is 348 g/mol. The Morgan fingerprint density at radius 1 is 1.18 bits per heavy atom. The number of rotatable bonds is 5. The van der Waals surface area contributed by atoms with Crippen molar-refractivity contribution < 1.29 is 4.79 Å². The van der Waals surface area contributed by atoms with Crippen LogP contribution in [0.4, 0.5) is 0 Å². The second kappa shape index (κ2) is 7.06. The second-order valence-electron chi connectivity index (χ2n) is 8.33. The maximum absolute atomic E-state index is 12.6. The molecule has 5 rings (SSSR count). The van der Waals surface area contributed by atoms with Crippen molar-refractivity contribution in [2.75, 3.05) is 6.54 Å². The predicted octanol–water partition coefficient (Wildman–Crippen LogP) is 3.19. The maximum Gasteiger partial charge on any atom is 0.224 e. The first-order chi connectivity index (χ1) is 13.7. The Hall–Kier alpha value is -2.66. The van der Waals surface area contributed by atoms with Gasteiger partial charge in [-0.15, -0.1) is 0 Å². The summed E-state index contributed by atoms with van der Waals surface area (Å²) in [5, 5.41) is 3.30. The minimum absolute atomic E-state index is 0.126. The van der Waals surface area contributed by atoms with Crippen molar-refractivity contribution in [2.24, 2.45) is 0 Å². The summed E-state index contributed by atoms with van der Waals surface area (Å²) in [4.78, 5) is 19.4. The van der Waals surface area contributed by atoms with Crippen LogP contribution in [0.1, 0.15) is 36.8 Å².